The van der Waals surface area contributed by atoms with Crippen molar-refractivity contribution in [2.24, 2.45) is 0 Å². The number of nitrogen functional groups attached to an aromatic ring is 2. The summed E-state index contributed by atoms with van der Waals surface area (Å²) in [6.07, 6.45) is 2.66. The van der Waals surface area contributed by atoms with Gasteiger partial charge in [-0.2, -0.15) is 0 Å². The van der Waals surface area contributed by atoms with E-state index < -0.39 is 0 Å². The largest absolute Gasteiger partial charge is 0.399 e. The zero-order valence-electron chi connectivity index (χ0n) is 11.8. The van der Waals surface area contributed by atoms with Crippen LogP contribution in [0.4, 0.5) is 11.4 Å². The summed E-state index contributed by atoms with van der Waals surface area (Å²) in [5, 5.41) is 0.926. The Kier molecular flexibility index (Phi) is 3.14. The Hall–Kier alpha value is -2.75. The molecule has 0 unspecified atom stereocenters. The molecule has 4 heteroatoms. The first-order chi connectivity index (χ1) is 10.1. The predicted octanol–water partition coefficient (Wildman–Crippen LogP) is 3.13. The third kappa shape index (κ3) is 2.14. The zero-order chi connectivity index (χ0) is 15.0. The second-order valence-electron chi connectivity index (χ2n) is 5.07. The first kappa shape index (κ1) is 13.2. The van der Waals surface area contributed by atoms with Gasteiger partial charge in [-0.3, -0.25) is 4.79 Å². The molecule has 2 aromatic carbocycles. The molecule has 21 heavy (non-hydrogen) atoms. The minimum absolute atomic E-state index is 0.0907. The molecule has 0 amide bonds. The number of anilines is 2. The average Bonchev–Trinajstić information content (AvgIpc) is 2.90. The maximum atomic E-state index is 12.7. The van der Waals surface area contributed by atoms with Gasteiger partial charge in [0.1, 0.15) is 0 Å². The molecule has 0 spiro atoms. The minimum Gasteiger partial charge on any atom is -0.399 e. The lowest BCUT2D eigenvalue weighted by Gasteiger charge is -2.05. The van der Waals surface area contributed by atoms with Crippen LogP contribution in [0.2, 0.25) is 0 Å². The fourth-order valence-electron chi connectivity index (χ4n) is 2.63. The van der Waals surface area contributed by atoms with Crippen LogP contribution in [0.25, 0.3) is 10.9 Å². The van der Waals surface area contributed by atoms with Gasteiger partial charge in [-0.25, -0.2) is 0 Å². The van der Waals surface area contributed by atoms with Gasteiger partial charge in [0.2, 0.25) is 0 Å². The Balaban J connectivity index is 2.14. The number of nitrogens with two attached hydrogens (primary N) is 2. The van der Waals surface area contributed by atoms with Crippen LogP contribution in [0.3, 0.4) is 0 Å². The summed E-state index contributed by atoms with van der Waals surface area (Å²) in [5.74, 6) is -0.0907. The number of para-hydroxylation sites is 1. The third-order valence-corrected chi connectivity index (χ3v) is 3.75. The quantitative estimate of drug-likeness (QED) is 0.508. The van der Waals surface area contributed by atoms with Crippen molar-refractivity contribution >= 4 is 28.1 Å². The SMILES string of the molecule is CCc1cccc2c(C(=O)c3ccc(N)cc3N)c[nH]c12. The van der Waals surface area contributed by atoms with Crippen molar-refractivity contribution < 1.29 is 4.79 Å². The number of nitrogens with one attached hydrogen (secondary N) is 1. The number of H-pyrrole nitrogens is 1. The number of carbonyl (C=O) groups is 1. The molecule has 0 aliphatic heterocycles. The smallest absolute Gasteiger partial charge is 0.197 e. The van der Waals surface area contributed by atoms with Gasteiger partial charge < -0.3 is 16.5 Å². The molecule has 0 aliphatic rings. The van der Waals surface area contributed by atoms with Crippen LogP contribution >= 0.6 is 0 Å². The number of aryl methyl sites for hydroxylation is 1. The fraction of sp³-hybridized carbons (Fsp3) is 0.118. The van der Waals surface area contributed by atoms with E-state index in [0.717, 1.165) is 17.3 Å². The van der Waals surface area contributed by atoms with Crippen LogP contribution in [0.15, 0.2) is 42.6 Å². The van der Waals surface area contributed by atoms with Crippen molar-refractivity contribution in [3.63, 3.8) is 0 Å². The standard InChI is InChI=1S/C17H17N3O/c1-2-10-4-3-5-12-14(9-20-16(10)12)17(21)13-7-6-11(18)8-15(13)19/h3-9,20H,2,18-19H2,1H3. The van der Waals surface area contributed by atoms with Gasteiger partial charge >= 0.3 is 0 Å². The molecule has 0 bridgehead atoms. The first-order valence-electron chi connectivity index (χ1n) is 6.90. The number of hydrogen-bond acceptors (Lipinski definition) is 3. The van der Waals surface area contributed by atoms with Crippen LogP contribution in [-0.2, 0) is 6.42 Å². The van der Waals surface area contributed by atoms with Crippen molar-refractivity contribution in [2.45, 2.75) is 13.3 Å². The third-order valence-electron chi connectivity index (χ3n) is 3.75. The molecule has 0 saturated carbocycles. The summed E-state index contributed by atoms with van der Waals surface area (Å²) < 4.78 is 0. The maximum Gasteiger partial charge on any atom is 0.197 e. The number of aromatic amines is 1. The van der Waals surface area contributed by atoms with Crippen LogP contribution in [-0.4, -0.2) is 10.8 Å². The van der Waals surface area contributed by atoms with Gasteiger partial charge in [-0.15, -0.1) is 0 Å². The highest BCUT2D eigenvalue weighted by Crippen LogP contribution is 2.26. The van der Waals surface area contributed by atoms with Gasteiger partial charge in [-0.05, 0) is 30.2 Å². The highest BCUT2D eigenvalue weighted by atomic mass is 16.1. The number of aromatic nitrogens is 1. The molecule has 3 rings (SSSR count). The summed E-state index contributed by atoms with van der Waals surface area (Å²) in [6, 6.07) is 11.0. The van der Waals surface area contributed by atoms with Gasteiger partial charge in [0.05, 0.1) is 0 Å². The summed E-state index contributed by atoms with van der Waals surface area (Å²) in [4.78, 5) is 15.9. The Morgan fingerprint density at radius 1 is 1.14 bits per heavy atom. The second kappa shape index (κ2) is 4.98. The Morgan fingerprint density at radius 2 is 1.95 bits per heavy atom. The summed E-state index contributed by atoms with van der Waals surface area (Å²) in [5.41, 5.74) is 15.9. The average molecular weight is 279 g/mol. The van der Waals surface area contributed by atoms with Crippen LogP contribution in [0.1, 0.15) is 28.4 Å². The molecule has 5 N–H and O–H groups in total. The number of ketones is 1. The topological polar surface area (TPSA) is 84.9 Å². The zero-order valence-corrected chi connectivity index (χ0v) is 11.8. The van der Waals surface area contributed by atoms with Crippen molar-refractivity contribution in [2.75, 3.05) is 11.5 Å². The molecule has 0 aliphatic carbocycles. The lowest BCUT2D eigenvalue weighted by molar-refractivity contribution is 0.104. The van der Waals surface area contributed by atoms with Gasteiger partial charge in [-0.1, -0.05) is 25.1 Å². The van der Waals surface area contributed by atoms with Gasteiger partial charge in [0.25, 0.3) is 0 Å². The van der Waals surface area contributed by atoms with E-state index in [1.54, 1.807) is 24.4 Å². The molecule has 3 aromatic rings. The maximum absolute atomic E-state index is 12.7. The highest BCUT2D eigenvalue weighted by molar-refractivity contribution is 6.18. The van der Waals surface area contributed by atoms with E-state index >= 15 is 0 Å². The Bertz CT molecular complexity index is 833. The number of fused-ring (bicyclic) bond motifs is 1. The van der Waals surface area contributed by atoms with Crippen LogP contribution in [0.5, 0.6) is 0 Å². The molecular formula is C17H17N3O. The van der Waals surface area contributed by atoms with Gasteiger partial charge in [0.15, 0.2) is 5.78 Å². The van der Waals surface area contributed by atoms with E-state index in [4.69, 9.17) is 11.5 Å². The molecule has 4 nitrogen and oxygen atoms in total. The Labute approximate surface area is 122 Å². The Morgan fingerprint density at radius 3 is 2.67 bits per heavy atom. The molecule has 106 valence electrons. The van der Waals surface area contributed by atoms with E-state index in [9.17, 15) is 4.79 Å². The molecular weight excluding hydrogens is 262 g/mol. The van der Waals surface area contributed by atoms with Crippen molar-refractivity contribution in [1.82, 2.24) is 4.98 Å². The van der Waals surface area contributed by atoms with E-state index in [1.165, 1.54) is 5.56 Å². The molecule has 0 atom stereocenters. The molecule has 1 heterocycles. The number of benzene rings is 2. The second-order valence-corrected chi connectivity index (χ2v) is 5.07. The normalized spacial score (nSPS) is 10.9. The first-order valence-corrected chi connectivity index (χ1v) is 6.90. The fourth-order valence-corrected chi connectivity index (χ4v) is 2.63. The van der Waals surface area contributed by atoms with E-state index in [-0.39, 0.29) is 5.78 Å². The van der Waals surface area contributed by atoms with E-state index in [1.807, 2.05) is 12.1 Å². The molecule has 0 saturated heterocycles. The predicted molar refractivity (Wildman–Crippen MR) is 86.4 cm³/mol. The molecule has 1 aromatic heterocycles. The number of rotatable bonds is 3. The summed E-state index contributed by atoms with van der Waals surface area (Å²) in [7, 11) is 0. The molecule has 0 radical (unpaired) electrons. The van der Waals surface area contributed by atoms with Crippen molar-refractivity contribution in [3.8, 4) is 0 Å². The summed E-state index contributed by atoms with van der Waals surface area (Å²) >= 11 is 0. The minimum atomic E-state index is -0.0907. The van der Waals surface area contributed by atoms with Crippen LogP contribution < -0.4 is 11.5 Å². The molecule has 0 fully saturated rings. The summed E-state index contributed by atoms with van der Waals surface area (Å²) in [6.45, 7) is 2.09. The van der Waals surface area contributed by atoms with Crippen molar-refractivity contribution in [3.05, 3.63) is 59.3 Å². The lowest BCUT2D eigenvalue weighted by atomic mass is 9.99. The van der Waals surface area contributed by atoms with Crippen molar-refractivity contribution in [1.29, 1.82) is 0 Å². The van der Waals surface area contributed by atoms with Gasteiger partial charge in [0, 0.05) is 39.6 Å². The van der Waals surface area contributed by atoms with E-state index in [0.29, 0.717) is 22.5 Å². The van der Waals surface area contributed by atoms with E-state index in [2.05, 4.69) is 18.0 Å². The number of hydrogen-bond donors (Lipinski definition) is 3. The highest BCUT2D eigenvalue weighted by Gasteiger charge is 2.17. The lowest BCUT2D eigenvalue weighted by Crippen LogP contribution is -2.05. The number of carbonyl (C=O) groups excluding carboxylic acids is 1. The monoisotopic (exact) mass is 279 g/mol. The van der Waals surface area contributed by atoms with Crippen LogP contribution in [0, 0.1) is 0 Å².